The van der Waals surface area contributed by atoms with Gasteiger partial charge in [0, 0.05) is 18.1 Å². The van der Waals surface area contributed by atoms with Crippen LogP contribution in [0.5, 0.6) is 0 Å². The molecule has 1 saturated heterocycles. The summed E-state index contributed by atoms with van der Waals surface area (Å²) in [5.74, 6) is 0.226. The van der Waals surface area contributed by atoms with E-state index < -0.39 is 11.0 Å². The molecular formula is C15H30N2O. The third-order valence-corrected chi connectivity index (χ3v) is 4.75. The lowest BCUT2D eigenvalue weighted by Crippen LogP contribution is -2.58. The summed E-state index contributed by atoms with van der Waals surface area (Å²) in [5, 5.41) is 0. The first-order valence-electron chi connectivity index (χ1n) is 7.31. The van der Waals surface area contributed by atoms with Crippen molar-refractivity contribution in [2.45, 2.75) is 78.3 Å². The van der Waals surface area contributed by atoms with Crippen molar-refractivity contribution in [1.29, 1.82) is 0 Å². The molecule has 0 aromatic rings. The van der Waals surface area contributed by atoms with Gasteiger partial charge in [-0.3, -0.25) is 4.79 Å². The summed E-state index contributed by atoms with van der Waals surface area (Å²) in [4.78, 5) is 14.9. The van der Waals surface area contributed by atoms with Crippen molar-refractivity contribution in [1.82, 2.24) is 4.90 Å². The van der Waals surface area contributed by atoms with Crippen LogP contribution in [-0.4, -0.2) is 28.9 Å². The van der Waals surface area contributed by atoms with Crippen LogP contribution in [0, 0.1) is 5.41 Å². The summed E-state index contributed by atoms with van der Waals surface area (Å²) < 4.78 is 0. The Balaban J connectivity index is 2.92. The van der Waals surface area contributed by atoms with E-state index in [9.17, 15) is 4.79 Å². The Morgan fingerprint density at radius 2 is 1.83 bits per heavy atom. The van der Waals surface area contributed by atoms with E-state index in [4.69, 9.17) is 5.73 Å². The summed E-state index contributed by atoms with van der Waals surface area (Å²) in [7, 11) is 0. The van der Waals surface area contributed by atoms with E-state index in [1.165, 1.54) is 12.8 Å². The van der Waals surface area contributed by atoms with Gasteiger partial charge in [0.1, 0.15) is 0 Å². The van der Waals surface area contributed by atoms with Gasteiger partial charge in [-0.25, -0.2) is 0 Å². The minimum Gasteiger partial charge on any atom is -0.339 e. The number of carbonyl (C=O) groups excluding carboxylic acids is 1. The van der Waals surface area contributed by atoms with Gasteiger partial charge in [-0.05, 0) is 47.0 Å². The number of hydrogen-bond donors (Lipinski definition) is 1. The van der Waals surface area contributed by atoms with Crippen LogP contribution in [0.3, 0.4) is 0 Å². The number of likely N-dealkylation sites (tertiary alicyclic amines) is 1. The number of nitrogens with two attached hydrogens (primary N) is 1. The maximum Gasteiger partial charge on any atom is 0.230 e. The van der Waals surface area contributed by atoms with Crippen LogP contribution in [0.25, 0.3) is 0 Å². The summed E-state index contributed by atoms with van der Waals surface area (Å²) in [6.07, 6.45) is 5.81. The molecule has 0 radical (unpaired) electrons. The smallest absolute Gasteiger partial charge is 0.230 e. The molecule has 0 bridgehead atoms. The number of amides is 1. The molecule has 1 unspecified atom stereocenters. The molecule has 2 N–H and O–H groups in total. The second kappa shape index (κ2) is 5.60. The van der Waals surface area contributed by atoms with Gasteiger partial charge in [-0.1, -0.05) is 19.8 Å². The topological polar surface area (TPSA) is 46.3 Å². The zero-order chi connectivity index (χ0) is 14.0. The molecule has 0 spiro atoms. The highest BCUT2D eigenvalue weighted by Gasteiger charge is 2.44. The van der Waals surface area contributed by atoms with Gasteiger partial charge in [-0.15, -0.1) is 0 Å². The van der Waals surface area contributed by atoms with Crippen LogP contribution in [0.15, 0.2) is 0 Å². The first kappa shape index (κ1) is 15.5. The highest BCUT2D eigenvalue weighted by Crippen LogP contribution is 2.33. The van der Waals surface area contributed by atoms with E-state index in [1.54, 1.807) is 0 Å². The summed E-state index contributed by atoms with van der Waals surface area (Å²) >= 11 is 0. The van der Waals surface area contributed by atoms with Crippen molar-refractivity contribution < 1.29 is 4.79 Å². The van der Waals surface area contributed by atoms with Crippen LogP contribution >= 0.6 is 0 Å². The molecule has 106 valence electrons. The fourth-order valence-electron chi connectivity index (χ4n) is 2.50. The molecule has 1 heterocycles. The maximum absolute atomic E-state index is 12.8. The van der Waals surface area contributed by atoms with E-state index in [-0.39, 0.29) is 5.91 Å². The fraction of sp³-hybridized carbons (Fsp3) is 0.933. The normalized spacial score (nSPS) is 22.8. The Bertz CT molecular complexity index is 291. The van der Waals surface area contributed by atoms with Gasteiger partial charge in [0.15, 0.2) is 0 Å². The molecule has 3 heteroatoms. The molecule has 1 aliphatic heterocycles. The first-order chi connectivity index (χ1) is 8.21. The highest BCUT2D eigenvalue weighted by molar-refractivity contribution is 5.83. The molecule has 1 fully saturated rings. The third-order valence-electron chi connectivity index (χ3n) is 4.75. The molecular weight excluding hydrogens is 224 g/mol. The molecule has 1 rings (SSSR count). The second-order valence-corrected chi connectivity index (χ2v) is 6.76. The number of hydrogen-bond acceptors (Lipinski definition) is 2. The minimum atomic E-state index is -0.509. The average Bonchev–Trinajstić information content (AvgIpc) is 2.50. The molecule has 1 amide bonds. The molecule has 1 aliphatic rings. The first-order valence-corrected chi connectivity index (χ1v) is 7.31. The van der Waals surface area contributed by atoms with Crippen molar-refractivity contribution in [3.8, 4) is 0 Å². The van der Waals surface area contributed by atoms with Gasteiger partial charge >= 0.3 is 0 Å². The Hall–Kier alpha value is -0.570. The molecule has 3 nitrogen and oxygen atoms in total. The zero-order valence-corrected chi connectivity index (χ0v) is 12.8. The van der Waals surface area contributed by atoms with E-state index in [1.807, 2.05) is 27.7 Å². The molecule has 1 atom stereocenters. The number of nitrogens with zero attached hydrogens (tertiary/aromatic N) is 1. The SMILES string of the molecule is CCC1CCCCCN1C(=O)C(C)(C)C(C)(C)N. The highest BCUT2D eigenvalue weighted by atomic mass is 16.2. The Kier molecular flexibility index (Phi) is 4.82. The maximum atomic E-state index is 12.8. The third kappa shape index (κ3) is 3.05. The number of carbonyl (C=O) groups is 1. The van der Waals surface area contributed by atoms with Gasteiger partial charge in [0.05, 0.1) is 5.41 Å². The minimum absolute atomic E-state index is 0.226. The summed E-state index contributed by atoms with van der Waals surface area (Å²) in [5.41, 5.74) is 5.20. The van der Waals surface area contributed by atoms with Crippen molar-refractivity contribution in [2.24, 2.45) is 11.1 Å². The average molecular weight is 254 g/mol. The van der Waals surface area contributed by atoms with E-state index in [0.717, 1.165) is 25.8 Å². The fourth-order valence-corrected chi connectivity index (χ4v) is 2.50. The zero-order valence-electron chi connectivity index (χ0n) is 12.8. The second-order valence-electron chi connectivity index (χ2n) is 6.76. The Labute approximate surface area is 112 Å². The molecule has 0 saturated carbocycles. The van der Waals surface area contributed by atoms with Gasteiger partial charge < -0.3 is 10.6 Å². The van der Waals surface area contributed by atoms with Crippen LogP contribution in [-0.2, 0) is 4.79 Å². The van der Waals surface area contributed by atoms with E-state index in [0.29, 0.717) is 6.04 Å². The molecule has 18 heavy (non-hydrogen) atoms. The standard InChI is InChI=1S/C15H30N2O/c1-6-12-10-8-7-9-11-17(12)13(18)14(2,3)15(4,5)16/h12H,6-11,16H2,1-5H3. The van der Waals surface area contributed by atoms with E-state index >= 15 is 0 Å². The van der Waals surface area contributed by atoms with E-state index in [2.05, 4.69) is 11.8 Å². The van der Waals surface area contributed by atoms with Gasteiger partial charge in [0.25, 0.3) is 0 Å². The van der Waals surface area contributed by atoms with Crippen molar-refractivity contribution in [3.05, 3.63) is 0 Å². The summed E-state index contributed by atoms with van der Waals surface area (Å²) in [6.45, 7) is 10.9. The lowest BCUT2D eigenvalue weighted by atomic mass is 9.74. The largest absolute Gasteiger partial charge is 0.339 e. The van der Waals surface area contributed by atoms with Crippen molar-refractivity contribution in [2.75, 3.05) is 6.54 Å². The van der Waals surface area contributed by atoms with Crippen LogP contribution in [0.2, 0.25) is 0 Å². The number of rotatable bonds is 3. The van der Waals surface area contributed by atoms with Crippen molar-refractivity contribution in [3.63, 3.8) is 0 Å². The Morgan fingerprint density at radius 1 is 1.22 bits per heavy atom. The summed E-state index contributed by atoms with van der Waals surface area (Å²) in [6, 6.07) is 0.404. The molecule has 0 aliphatic carbocycles. The lowest BCUT2D eigenvalue weighted by molar-refractivity contribution is -0.146. The lowest BCUT2D eigenvalue weighted by Gasteiger charge is -2.42. The molecule has 0 aromatic carbocycles. The monoisotopic (exact) mass is 254 g/mol. The predicted molar refractivity (Wildman–Crippen MR) is 76.3 cm³/mol. The Morgan fingerprint density at radius 3 is 2.33 bits per heavy atom. The molecule has 0 aromatic heterocycles. The van der Waals surface area contributed by atoms with Gasteiger partial charge in [0.2, 0.25) is 5.91 Å². The van der Waals surface area contributed by atoms with Crippen LogP contribution < -0.4 is 5.73 Å². The van der Waals surface area contributed by atoms with Crippen LogP contribution in [0.1, 0.15) is 66.7 Å². The van der Waals surface area contributed by atoms with Gasteiger partial charge in [-0.2, -0.15) is 0 Å². The van der Waals surface area contributed by atoms with Crippen molar-refractivity contribution >= 4 is 5.91 Å². The predicted octanol–water partition coefficient (Wildman–Crippen LogP) is 2.93. The quantitative estimate of drug-likeness (QED) is 0.841. The van der Waals surface area contributed by atoms with Crippen LogP contribution in [0.4, 0.5) is 0 Å².